The summed E-state index contributed by atoms with van der Waals surface area (Å²) in [5.74, 6) is 0.616. The highest BCUT2D eigenvalue weighted by atomic mass is 35.5. The van der Waals surface area contributed by atoms with Crippen molar-refractivity contribution in [1.29, 1.82) is 0 Å². The summed E-state index contributed by atoms with van der Waals surface area (Å²) in [7, 11) is 1.57. The van der Waals surface area contributed by atoms with Crippen LogP contribution in [-0.2, 0) is 22.6 Å². The summed E-state index contributed by atoms with van der Waals surface area (Å²) in [5.41, 5.74) is 3.05. The highest BCUT2D eigenvalue weighted by Crippen LogP contribution is 2.31. The summed E-state index contributed by atoms with van der Waals surface area (Å²) in [4.78, 5) is 25.9. The first kappa shape index (κ1) is 21.6. The maximum atomic E-state index is 13.3. The fourth-order valence-corrected chi connectivity index (χ4v) is 3.76. The average molecular weight is 453 g/mol. The minimum Gasteiger partial charge on any atom is -0.497 e. The second kappa shape index (κ2) is 8.88. The van der Waals surface area contributed by atoms with Crippen molar-refractivity contribution in [3.05, 3.63) is 81.8 Å². The number of ether oxygens (including phenoxy) is 2. The van der Waals surface area contributed by atoms with Gasteiger partial charge in [0.05, 0.1) is 19.0 Å². The van der Waals surface area contributed by atoms with E-state index in [0.29, 0.717) is 44.6 Å². The van der Waals surface area contributed by atoms with Gasteiger partial charge in [-0.25, -0.2) is 0 Å². The largest absolute Gasteiger partial charge is 0.497 e. The highest BCUT2D eigenvalue weighted by Gasteiger charge is 2.22. The Balaban J connectivity index is 1.69. The van der Waals surface area contributed by atoms with Crippen LogP contribution in [0.2, 0.25) is 5.02 Å². The molecule has 0 saturated carbocycles. The number of esters is 1. The number of benzene rings is 2. The van der Waals surface area contributed by atoms with Crippen molar-refractivity contribution in [3.63, 3.8) is 0 Å². The number of methoxy groups -OCH3 is 1. The molecule has 2 aromatic carbocycles. The lowest BCUT2D eigenvalue weighted by Crippen LogP contribution is -2.14. The molecule has 0 atom stereocenters. The van der Waals surface area contributed by atoms with Crippen molar-refractivity contribution in [2.24, 2.45) is 0 Å². The van der Waals surface area contributed by atoms with Crippen molar-refractivity contribution in [2.75, 3.05) is 7.11 Å². The molecule has 0 N–H and O–H groups in total. The lowest BCUT2D eigenvalue weighted by atomic mass is 10.1. The number of aryl methyl sites for hydroxylation is 1. The number of carbonyl (C=O) groups excluding carboxylic acids is 2. The number of nitrogens with zero attached hydrogens (tertiary/aromatic N) is 2. The Bertz CT molecular complexity index is 1300. The summed E-state index contributed by atoms with van der Waals surface area (Å²) < 4.78 is 17.3. The van der Waals surface area contributed by atoms with Gasteiger partial charge in [0.15, 0.2) is 0 Å². The van der Waals surface area contributed by atoms with E-state index in [1.54, 1.807) is 55.0 Å². The number of fused-ring (bicyclic) bond motifs is 1. The van der Waals surface area contributed by atoms with Crippen LogP contribution >= 0.6 is 11.6 Å². The summed E-state index contributed by atoms with van der Waals surface area (Å²) in [6.07, 6.45) is -0.00671. The van der Waals surface area contributed by atoms with Crippen LogP contribution in [0.5, 0.6) is 5.75 Å². The van der Waals surface area contributed by atoms with Crippen LogP contribution in [-0.4, -0.2) is 28.7 Å². The Labute approximate surface area is 189 Å². The molecule has 4 rings (SSSR count). The summed E-state index contributed by atoms with van der Waals surface area (Å²) >= 11 is 5.97. The van der Waals surface area contributed by atoms with Crippen LogP contribution in [0.3, 0.4) is 0 Å². The molecule has 0 aliphatic heterocycles. The van der Waals surface area contributed by atoms with Crippen LogP contribution in [0.4, 0.5) is 0 Å². The second-order valence-corrected chi connectivity index (χ2v) is 7.80. The Morgan fingerprint density at radius 3 is 2.50 bits per heavy atom. The molecule has 0 aliphatic carbocycles. The van der Waals surface area contributed by atoms with Gasteiger partial charge in [0, 0.05) is 27.7 Å². The topological polar surface area (TPSA) is 83.6 Å². The van der Waals surface area contributed by atoms with Gasteiger partial charge in [0.25, 0.3) is 5.91 Å². The first-order chi connectivity index (χ1) is 15.4. The number of carbonyl (C=O) groups is 2. The van der Waals surface area contributed by atoms with E-state index in [4.69, 9.17) is 25.6 Å². The number of rotatable bonds is 6. The molecular formula is C24H21ClN2O5. The third-order valence-corrected chi connectivity index (χ3v) is 5.47. The van der Waals surface area contributed by atoms with Crippen molar-refractivity contribution in [2.45, 2.75) is 26.9 Å². The quantitative estimate of drug-likeness (QED) is 0.387. The predicted molar refractivity (Wildman–Crippen MR) is 119 cm³/mol. The molecule has 8 heteroatoms. The first-order valence-electron chi connectivity index (χ1n) is 9.93. The summed E-state index contributed by atoms with van der Waals surface area (Å²) in [5, 5.41) is 5.12. The Morgan fingerprint density at radius 1 is 1.09 bits per heavy atom. The van der Waals surface area contributed by atoms with Crippen molar-refractivity contribution >= 4 is 34.4 Å². The molecule has 164 valence electrons. The molecule has 0 fully saturated rings. The highest BCUT2D eigenvalue weighted by molar-refractivity contribution is 6.30. The van der Waals surface area contributed by atoms with Gasteiger partial charge >= 0.3 is 5.97 Å². The minimum absolute atomic E-state index is 0.00671. The molecule has 32 heavy (non-hydrogen) atoms. The van der Waals surface area contributed by atoms with E-state index in [0.717, 1.165) is 5.39 Å². The third-order valence-electron chi connectivity index (χ3n) is 5.22. The SMILES string of the molecule is COc1ccc2c(c1)c(CC(=O)OCc1cc(C)on1)c(C)n2C(=O)c1ccc(Cl)cc1. The fourth-order valence-electron chi connectivity index (χ4n) is 3.63. The van der Waals surface area contributed by atoms with E-state index >= 15 is 0 Å². The number of aromatic nitrogens is 2. The number of halogens is 1. The third kappa shape index (κ3) is 4.24. The molecule has 0 saturated heterocycles. The lowest BCUT2D eigenvalue weighted by Gasteiger charge is -2.08. The average Bonchev–Trinajstić information content (AvgIpc) is 3.32. The fraction of sp³-hybridized carbons (Fsp3) is 0.208. The molecule has 7 nitrogen and oxygen atoms in total. The van der Waals surface area contributed by atoms with E-state index in [-0.39, 0.29) is 18.9 Å². The van der Waals surface area contributed by atoms with E-state index < -0.39 is 5.97 Å². The molecule has 4 aromatic rings. The molecule has 0 aliphatic rings. The first-order valence-corrected chi connectivity index (χ1v) is 10.3. The summed E-state index contributed by atoms with van der Waals surface area (Å²) in [6, 6.07) is 13.8. The molecule has 0 radical (unpaired) electrons. The Morgan fingerprint density at radius 2 is 1.84 bits per heavy atom. The van der Waals surface area contributed by atoms with Gasteiger partial charge < -0.3 is 14.0 Å². The van der Waals surface area contributed by atoms with Crippen molar-refractivity contribution in [3.8, 4) is 5.75 Å². The van der Waals surface area contributed by atoms with Gasteiger partial charge in [0.1, 0.15) is 23.8 Å². The lowest BCUT2D eigenvalue weighted by molar-refractivity contribution is -0.144. The van der Waals surface area contributed by atoms with E-state index in [1.165, 1.54) is 0 Å². The van der Waals surface area contributed by atoms with Crippen LogP contribution in [0.25, 0.3) is 10.9 Å². The zero-order valence-corrected chi connectivity index (χ0v) is 18.6. The van der Waals surface area contributed by atoms with Crippen molar-refractivity contribution in [1.82, 2.24) is 9.72 Å². The maximum absolute atomic E-state index is 13.3. The second-order valence-electron chi connectivity index (χ2n) is 7.36. The molecule has 0 unspecified atom stereocenters. The smallest absolute Gasteiger partial charge is 0.310 e. The standard InChI is InChI=1S/C24H21ClN2O5/c1-14-10-18(26-32-14)13-31-23(28)12-20-15(2)27(22-9-8-19(30-3)11-21(20)22)24(29)16-4-6-17(25)7-5-16/h4-11H,12-13H2,1-3H3. The van der Waals surface area contributed by atoms with Crippen LogP contribution < -0.4 is 4.74 Å². The van der Waals surface area contributed by atoms with Gasteiger partial charge in [-0.15, -0.1) is 0 Å². The van der Waals surface area contributed by atoms with Gasteiger partial charge in [0.2, 0.25) is 0 Å². The van der Waals surface area contributed by atoms with Crippen LogP contribution in [0.15, 0.2) is 53.1 Å². The molecule has 2 aromatic heterocycles. The zero-order chi connectivity index (χ0) is 22.8. The normalized spacial score (nSPS) is 11.0. The Kier molecular flexibility index (Phi) is 6.01. The Hall–Kier alpha value is -3.58. The number of hydrogen-bond acceptors (Lipinski definition) is 6. The van der Waals surface area contributed by atoms with E-state index in [9.17, 15) is 9.59 Å². The summed E-state index contributed by atoms with van der Waals surface area (Å²) in [6.45, 7) is 3.59. The monoisotopic (exact) mass is 452 g/mol. The van der Waals surface area contributed by atoms with Gasteiger partial charge in [-0.2, -0.15) is 0 Å². The molecule has 2 heterocycles. The van der Waals surface area contributed by atoms with Gasteiger partial charge in [-0.05, 0) is 61.9 Å². The predicted octanol–water partition coefficient (Wildman–Crippen LogP) is 4.88. The minimum atomic E-state index is -0.436. The van der Waals surface area contributed by atoms with E-state index in [1.807, 2.05) is 19.1 Å². The van der Waals surface area contributed by atoms with Crippen molar-refractivity contribution < 1.29 is 23.6 Å². The van der Waals surface area contributed by atoms with Gasteiger partial charge in [-0.1, -0.05) is 16.8 Å². The number of hydrogen-bond donors (Lipinski definition) is 0. The van der Waals surface area contributed by atoms with Crippen LogP contribution in [0, 0.1) is 13.8 Å². The molecule has 0 amide bonds. The molecular weight excluding hydrogens is 432 g/mol. The molecule has 0 spiro atoms. The van der Waals surface area contributed by atoms with Crippen LogP contribution in [0.1, 0.15) is 33.1 Å². The molecule has 0 bridgehead atoms. The zero-order valence-electron chi connectivity index (χ0n) is 17.8. The van der Waals surface area contributed by atoms with Gasteiger partial charge in [-0.3, -0.25) is 14.2 Å². The van der Waals surface area contributed by atoms with E-state index in [2.05, 4.69) is 5.16 Å². The maximum Gasteiger partial charge on any atom is 0.310 e.